The average molecular weight is 494 g/mol. The van der Waals surface area contributed by atoms with Crippen LogP contribution in [-0.4, -0.2) is 56.7 Å². The highest BCUT2D eigenvalue weighted by Gasteiger charge is 2.25. The zero-order valence-corrected chi connectivity index (χ0v) is 20.4. The first kappa shape index (κ1) is 22.8. The Morgan fingerprint density at radius 2 is 1.74 bits per heavy atom. The number of hydrogen-bond acceptors (Lipinski definition) is 4. The van der Waals surface area contributed by atoms with Gasteiger partial charge in [-0.15, -0.1) is 0 Å². The fraction of sp³-hybridized carbons (Fsp3) is 0.269. The van der Waals surface area contributed by atoms with Crippen molar-refractivity contribution in [2.75, 3.05) is 26.2 Å². The zero-order chi connectivity index (χ0) is 23.7. The van der Waals surface area contributed by atoms with Crippen LogP contribution in [0.1, 0.15) is 22.8 Å². The lowest BCUT2D eigenvalue weighted by atomic mass is 10.0. The van der Waals surface area contributed by atoms with Gasteiger partial charge in [-0.1, -0.05) is 47.5 Å². The lowest BCUT2D eigenvalue weighted by Crippen LogP contribution is -2.48. The number of amides is 1. The Bertz CT molecular complexity index is 1320. The monoisotopic (exact) mass is 493 g/mol. The number of aromatic nitrogens is 3. The molecule has 4 aromatic rings. The molecule has 8 heteroatoms. The summed E-state index contributed by atoms with van der Waals surface area (Å²) in [5.74, 6) is 0.0261. The molecule has 0 unspecified atom stereocenters. The number of carbonyl (C=O) groups excluding carboxylic acids is 1. The van der Waals surface area contributed by atoms with Crippen LogP contribution in [0.3, 0.4) is 0 Å². The van der Waals surface area contributed by atoms with Crippen molar-refractivity contribution in [3.05, 3.63) is 82.1 Å². The Morgan fingerprint density at radius 1 is 1.00 bits per heavy atom. The topological polar surface area (TPSA) is 54.3 Å². The van der Waals surface area contributed by atoms with Gasteiger partial charge in [0.05, 0.1) is 23.0 Å². The van der Waals surface area contributed by atoms with Crippen molar-refractivity contribution in [2.45, 2.75) is 20.0 Å². The Morgan fingerprint density at radius 3 is 2.44 bits per heavy atom. The van der Waals surface area contributed by atoms with Crippen molar-refractivity contribution in [2.24, 2.45) is 0 Å². The lowest BCUT2D eigenvalue weighted by molar-refractivity contribution is 0.0630. The third kappa shape index (κ3) is 4.53. The zero-order valence-electron chi connectivity index (χ0n) is 18.9. The molecule has 5 rings (SSSR count). The standard InChI is InChI=1S/C26H25Cl2N5O/c1-2-33-16-18(15-29-33)25-14-20(19-6-3-4-9-24(19)30-25)26(34)32-12-10-31(11-13-32)17-21-22(27)7-5-8-23(21)28/h3-9,14-16H,2,10-13,17H2,1H3. The first-order chi connectivity index (χ1) is 16.5. The first-order valence-electron chi connectivity index (χ1n) is 11.4. The van der Waals surface area contributed by atoms with Crippen LogP contribution in [-0.2, 0) is 13.1 Å². The van der Waals surface area contributed by atoms with Gasteiger partial charge in [0, 0.05) is 72.0 Å². The summed E-state index contributed by atoms with van der Waals surface area (Å²) in [6.45, 7) is 6.28. The van der Waals surface area contributed by atoms with Crippen LogP contribution in [0.15, 0.2) is 60.9 Å². The molecule has 0 atom stereocenters. The second-order valence-corrected chi connectivity index (χ2v) is 9.24. The Hall–Kier alpha value is -2.93. The maximum absolute atomic E-state index is 13.6. The van der Waals surface area contributed by atoms with Crippen LogP contribution in [0.5, 0.6) is 0 Å². The van der Waals surface area contributed by atoms with Crippen LogP contribution in [0.25, 0.3) is 22.2 Å². The third-order valence-electron chi connectivity index (χ3n) is 6.30. The number of benzene rings is 2. The Labute approximate surface area is 208 Å². The van der Waals surface area contributed by atoms with Crippen molar-refractivity contribution in [1.82, 2.24) is 24.6 Å². The molecule has 1 aliphatic rings. The number of pyridine rings is 1. The van der Waals surface area contributed by atoms with E-state index in [4.69, 9.17) is 28.2 Å². The number of rotatable bonds is 5. The molecule has 0 saturated carbocycles. The summed E-state index contributed by atoms with van der Waals surface area (Å²) >= 11 is 12.7. The van der Waals surface area contributed by atoms with Gasteiger partial charge in [0.15, 0.2) is 0 Å². The highest BCUT2D eigenvalue weighted by molar-refractivity contribution is 6.35. The van der Waals surface area contributed by atoms with E-state index in [1.165, 1.54) is 0 Å². The molecule has 0 spiro atoms. The van der Waals surface area contributed by atoms with Gasteiger partial charge in [0.25, 0.3) is 5.91 Å². The molecule has 1 aliphatic heterocycles. The van der Waals surface area contributed by atoms with Crippen molar-refractivity contribution in [3.8, 4) is 11.3 Å². The summed E-state index contributed by atoms with van der Waals surface area (Å²) in [5, 5.41) is 6.58. The third-order valence-corrected chi connectivity index (χ3v) is 7.01. The molecule has 174 valence electrons. The smallest absolute Gasteiger partial charge is 0.254 e. The van der Waals surface area contributed by atoms with E-state index in [2.05, 4.69) is 10.00 Å². The SMILES string of the molecule is CCn1cc(-c2cc(C(=O)N3CCN(Cc4c(Cl)cccc4Cl)CC3)c3ccccc3n2)cn1. The molecule has 0 aliphatic carbocycles. The molecule has 1 amide bonds. The Kier molecular flexibility index (Phi) is 6.55. The van der Waals surface area contributed by atoms with Gasteiger partial charge < -0.3 is 4.90 Å². The van der Waals surface area contributed by atoms with E-state index in [1.54, 1.807) is 6.20 Å². The molecule has 0 radical (unpaired) electrons. The molecular formula is C26H25Cl2N5O. The number of nitrogens with zero attached hydrogens (tertiary/aromatic N) is 5. The minimum atomic E-state index is 0.0261. The van der Waals surface area contributed by atoms with E-state index < -0.39 is 0 Å². The highest BCUT2D eigenvalue weighted by atomic mass is 35.5. The molecule has 6 nitrogen and oxygen atoms in total. The summed E-state index contributed by atoms with van der Waals surface area (Å²) < 4.78 is 1.86. The van der Waals surface area contributed by atoms with E-state index in [9.17, 15) is 4.79 Å². The van der Waals surface area contributed by atoms with Gasteiger partial charge >= 0.3 is 0 Å². The average Bonchev–Trinajstić information content (AvgIpc) is 3.35. The summed E-state index contributed by atoms with van der Waals surface area (Å²) in [6.07, 6.45) is 3.76. The van der Waals surface area contributed by atoms with E-state index in [1.807, 2.05) is 71.2 Å². The number of halogens is 2. The fourth-order valence-corrected chi connectivity index (χ4v) is 4.87. The summed E-state index contributed by atoms with van der Waals surface area (Å²) in [7, 11) is 0. The van der Waals surface area contributed by atoms with Gasteiger partial charge in [-0.05, 0) is 31.2 Å². The number of piperazine rings is 1. The van der Waals surface area contributed by atoms with Gasteiger partial charge in [-0.3, -0.25) is 14.4 Å². The number of hydrogen-bond donors (Lipinski definition) is 0. The molecule has 1 fully saturated rings. The van der Waals surface area contributed by atoms with Gasteiger partial charge in [-0.2, -0.15) is 5.10 Å². The van der Waals surface area contributed by atoms with Crippen LogP contribution in [0, 0.1) is 0 Å². The fourth-order valence-electron chi connectivity index (χ4n) is 4.36. The summed E-state index contributed by atoms with van der Waals surface area (Å²) in [5.41, 5.74) is 4.08. The maximum atomic E-state index is 13.6. The maximum Gasteiger partial charge on any atom is 0.254 e. The number of aryl methyl sites for hydroxylation is 1. The predicted molar refractivity (Wildman–Crippen MR) is 136 cm³/mol. The molecule has 2 aromatic carbocycles. The minimum absolute atomic E-state index is 0.0261. The van der Waals surface area contributed by atoms with Crippen molar-refractivity contribution in [1.29, 1.82) is 0 Å². The van der Waals surface area contributed by atoms with E-state index in [0.29, 0.717) is 35.2 Å². The molecular weight excluding hydrogens is 469 g/mol. The van der Waals surface area contributed by atoms with Crippen molar-refractivity contribution >= 4 is 40.0 Å². The largest absolute Gasteiger partial charge is 0.336 e. The minimum Gasteiger partial charge on any atom is -0.336 e. The van der Waals surface area contributed by atoms with Crippen molar-refractivity contribution in [3.63, 3.8) is 0 Å². The van der Waals surface area contributed by atoms with Crippen LogP contribution in [0.4, 0.5) is 0 Å². The molecule has 2 aromatic heterocycles. The summed E-state index contributed by atoms with van der Waals surface area (Å²) in [6, 6.07) is 15.3. The van der Waals surface area contributed by atoms with Crippen molar-refractivity contribution < 1.29 is 4.79 Å². The van der Waals surface area contributed by atoms with Gasteiger partial charge in [-0.25, -0.2) is 4.98 Å². The quantitative estimate of drug-likeness (QED) is 0.374. The van der Waals surface area contributed by atoms with E-state index in [-0.39, 0.29) is 5.91 Å². The first-order valence-corrected chi connectivity index (χ1v) is 12.2. The Balaban J connectivity index is 1.37. The second-order valence-electron chi connectivity index (χ2n) is 8.43. The number of carbonyl (C=O) groups is 1. The molecule has 0 N–H and O–H groups in total. The lowest BCUT2D eigenvalue weighted by Gasteiger charge is -2.35. The summed E-state index contributed by atoms with van der Waals surface area (Å²) in [4.78, 5) is 22.7. The molecule has 34 heavy (non-hydrogen) atoms. The normalized spacial score (nSPS) is 14.6. The van der Waals surface area contributed by atoms with E-state index >= 15 is 0 Å². The number of para-hydroxylation sites is 1. The van der Waals surface area contributed by atoms with Crippen LogP contribution < -0.4 is 0 Å². The van der Waals surface area contributed by atoms with Crippen LogP contribution in [0.2, 0.25) is 10.0 Å². The second kappa shape index (κ2) is 9.74. The predicted octanol–water partition coefficient (Wildman–Crippen LogP) is 5.38. The number of fused-ring (bicyclic) bond motifs is 1. The highest BCUT2D eigenvalue weighted by Crippen LogP contribution is 2.28. The van der Waals surface area contributed by atoms with E-state index in [0.717, 1.165) is 47.4 Å². The van der Waals surface area contributed by atoms with Gasteiger partial charge in [0.2, 0.25) is 0 Å². The van der Waals surface area contributed by atoms with Crippen LogP contribution >= 0.6 is 23.2 Å². The molecule has 3 heterocycles. The molecule has 0 bridgehead atoms. The molecule has 1 saturated heterocycles. The van der Waals surface area contributed by atoms with Gasteiger partial charge in [0.1, 0.15) is 0 Å².